The van der Waals surface area contributed by atoms with E-state index in [1.807, 2.05) is 0 Å². The van der Waals surface area contributed by atoms with E-state index >= 15 is 0 Å². The topological polar surface area (TPSA) is 200 Å². The molecule has 12 aliphatic carbocycles. The third kappa shape index (κ3) is 9.32. The number of fused-ring (bicyclic) bond motifs is 12. The van der Waals surface area contributed by atoms with Crippen molar-refractivity contribution in [3.8, 4) is 0 Å². The molecule has 1 aliphatic heterocycles. The SMILES string of the molecule is CC1CCC(=O)OC2CC3C(C(O)CC4CC(O)CCC43C)C3CCC(C(C)CCC(=O)OC4CC5C(C(O)CC6CC(O)CCC65C)C5CCC(C(C)CCC(=O)OC6CC7C(C(O)CC8CC(O)CCC87C)C7CCC1C67C)C45C)C23C. The van der Waals surface area contributed by atoms with Gasteiger partial charge in [0.05, 0.1) is 36.6 Å². The van der Waals surface area contributed by atoms with Gasteiger partial charge in [-0.2, -0.15) is 0 Å². The number of rotatable bonds is 0. The lowest BCUT2D eigenvalue weighted by atomic mass is 9.43. The van der Waals surface area contributed by atoms with Crippen molar-refractivity contribution in [2.75, 3.05) is 0 Å². The summed E-state index contributed by atoms with van der Waals surface area (Å²) >= 11 is 0. The van der Waals surface area contributed by atoms with Gasteiger partial charge in [-0.05, 0) is 277 Å². The van der Waals surface area contributed by atoms with Crippen LogP contribution in [0, 0.1) is 139 Å². The molecule has 12 heteroatoms. The van der Waals surface area contributed by atoms with Crippen molar-refractivity contribution in [3.05, 3.63) is 0 Å². The molecule has 0 bridgehead atoms. The van der Waals surface area contributed by atoms with E-state index in [1.165, 1.54) is 0 Å². The first kappa shape index (κ1) is 61.0. The van der Waals surface area contributed by atoms with E-state index in [0.29, 0.717) is 77.0 Å². The molecule has 33 unspecified atom stereocenters. The number of hydrogen-bond donors (Lipinski definition) is 6. The molecular weight excluding hydrogens is 1060 g/mol. The Morgan fingerprint density at radius 1 is 0.321 bits per heavy atom. The van der Waals surface area contributed by atoms with E-state index in [9.17, 15) is 45.0 Å². The van der Waals surface area contributed by atoms with Crippen LogP contribution < -0.4 is 0 Å². The minimum atomic E-state index is -0.488. The first-order valence-electron chi connectivity index (χ1n) is 35.4. The maximum atomic E-state index is 15.0. The molecule has 0 amide bonds. The highest BCUT2D eigenvalue weighted by molar-refractivity contribution is 5.70. The fourth-order valence-corrected chi connectivity index (χ4v) is 27.1. The summed E-state index contributed by atoms with van der Waals surface area (Å²) in [5, 5.41) is 70.1. The second kappa shape index (κ2) is 21.9. The minimum absolute atomic E-state index is 0.0716. The molecule has 1 heterocycles. The van der Waals surface area contributed by atoms with Crippen molar-refractivity contribution < 1.29 is 59.2 Å². The summed E-state index contributed by atoms with van der Waals surface area (Å²) in [4.78, 5) is 44.9. The van der Waals surface area contributed by atoms with Crippen molar-refractivity contribution in [1.29, 1.82) is 0 Å². The highest BCUT2D eigenvalue weighted by Crippen LogP contribution is 2.73. The predicted octanol–water partition coefficient (Wildman–Crippen LogP) is 11.8. The zero-order valence-corrected chi connectivity index (χ0v) is 53.3. The highest BCUT2D eigenvalue weighted by atomic mass is 16.6. The maximum Gasteiger partial charge on any atom is 0.306 e. The summed E-state index contributed by atoms with van der Waals surface area (Å²) in [7, 11) is 0. The molecule has 12 saturated carbocycles. The smallest absolute Gasteiger partial charge is 0.306 e. The molecule has 0 radical (unpaired) electrons. The Bertz CT molecular complexity index is 2210. The Morgan fingerprint density at radius 2 is 0.571 bits per heavy atom. The normalized spacial score (nSPS) is 58.6. The molecule has 13 rings (SSSR count). The van der Waals surface area contributed by atoms with Gasteiger partial charge in [-0.15, -0.1) is 0 Å². The molecule has 33 atom stereocenters. The first-order valence-corrected chi connectivity index (χ1v) is 35.4. The van der Waals surface area contributed by atoms with Crippen molar-refractivity contribution >= 4 is 17.9 Å². The molecule has 0 spiro atoms. The summed E-state index contributed by atoms with van der Waals surface area (Å²) in [5.74, 6) is 2.14. The molecule has 0 aromatic heterocycles. The van der Waals surface area contributed by atoms with E-state index in [1.54, 1.807) is 0 Å². The zero-order valence-electron chi connectivity index (χ0n) is 53.3. The van der Waals surface area contributed by atoms with Gasteiger partial charge in [-0.3, -0.25) is 14.4 Å². The molecule has 84 heavy (non-hydrogen) atoms. The van der Waals surface area contributed by atoms with Crippen LogP contribution in [0.4, 0.5) is 0 Å². The number of ether oxygens (including phenoxy) is 3. The molecule has 0 aromatic rings. The van der Waals surface area contributed by atoms with Crippen LogP contribution in [0.3, 0.4) is 0 Å². The summed E-state index contributed by atoms with van der Waals surface area (Å²) in [5.41, 5.74) is -1.49. The van der Waals surface area contributed by atoms with Crippen LogP contribution in [-0.2, 0) is 28.6 Å². The number of esters is 3. The molecule has 13 fully saturated rings. The van der Waals surface area contributed by atoms with E-state index in [-0.39, 0.29) is 197 Å². The Kier molecular flexibility index (Phi) is 16.0. The predicted molar refractivity (Wildman–Crippen MR) is 319 cm³/mol. The van der Waals surface area contributed by atoms with Gasteiger partial charge >= 0.3 is 17.9 Å². The molecule has 6 N–H and O–H groups in total. The van der Waals surface area contributed by atoms with E-state index in [4.69, 9.17) is 14.2 Å². The van der Waals surface area contributed by atoms with Crippen LogP contribution in [0.25, 0.3) is 0 Å². The standard InChI is InChI=1S/C72H114O12/c1-37-10-19-61(79)83-59-35-53-65(56(77)32-41-29-44(74)23-26-68(41,53)5)50-17-14-47(71(50,59)8)39(3)12-21-63(81)84-60-36-54-66(57(78)33-42-30-45(75)24-27-69(42,54)6)51-18-15-48(72(51,60)9)38(2)11-20-62(80)82-58-34-52-64(49-16-13-46(37)70(49,58)7)55(76)31-40-28-43(73)22-25-67(40,52)4/h37-60,64-66,73-78H,10-36H2,1-9H3. The van der Waals surface area contributed by atoms with Gasteiger partial charge in [-0.1, -0.05) is 62.3 Å². The lowest BCUT2D eigenvalue weighted by Gasteiger charge is -2.64. The Labute approximate surface area is 504 Å². The van der Waals surface area contributed by atoms with Crippen molar-refractivity contribution in [2.45, 2.75) is 291 Å². The van der Waals surface area contributed by atoms with Gasteiger partial charge in [0, 0.05) is 35.5 Å². The Morgan fingerprint density at radius 3 is 0.833 bits per heavy atom. The first-order chi connectivity index (χ1) is 39.7. The van der Waals surface area contributed by atoms with E-state index in [0.717, 1.165) is 77.0 Å². The summed E-state index contributed by atoms with van der Waals surface area (Å²) in [6.45, 7) is 21.3. The van der Waals surface area contributed by atoms with Crippen LogP contribution in [0.2, 0.25) is 0 Å². The van der Waals surface area contributed by atoms with Crippen LogP contribution in [0.1, 0.15) is 236 Å². The van der Waals surface area contributed by atoms with Crippen molar-refractivity contribution in [1.82, 2.24) is 0 Å². The molecule has 474 valence electrons. The molecule has 1 saturated heterocycles. The Hall–Kier alpha value is -1.83. The largest absolute Gasteiger partial charge is 0.462 e. The fraction of sp³-hybridized carbons (Fsp3) is 0.958. The van der Waals surface area contributed by atoms with E-state index in [2.05, 4.69) is 62.3 Å². The van der Waals surface area contributed by atoms with Gasteiger partial charge in [0.15, 0.2) is 0 Å². The summed E-state index contributed by atoms with van der Waals surface area (Å²) in [6, 6.07) is 0. The Balaban J connectivity index is 0.848. The molecular formula is C72H114O12. The monoisotopic (exact) mass is 1170 g/mol. The van der Waals surface area contributed by atoms with Crippen molar-refractivity contribution in [3.63, 3.8) is 0 Å². The molecule has 13 aliphatic rings. The highest BCUT2D eigenvalue weighted by Gasteiger charge is 2.71. The zero-order chi connectivity index (χ0) is 59.5. The van der Waals surface area contributed by atoms with Crippen LogP contribution in [0.15, 0.2) is 0 Å². The van der Waals surface area contributed by atoms with E-state index < -0.39 is 34.6 Å². The van der Waals surface area contributed by atoms with Crippen LogP contribution in [0.5, 0.6) is 0 Å². The van der Waals surface area contributed by atoms with Gasteiger partial charge in [0.25, 0.3) is 0 Å². The average Bonchev–Trinajstić information content (AvgIpc) is 1.34. The van der Waals surface area contributed by atoms with Gasteiger partial charge < -0.3 is 44.8 Å². The lowest BCUT2D eigenvalue weighted by Crippen LogP contribution is -2.63. The van der Waals surface area contributed by atoms with Crippen LogP contribution >= 0.6 is 0 Å². The number of aliphatic hydroxyl groups excluding tert-OH is 6. The van der Waals surface area contributed by atoms with Crippen LogP contribution in [-0.4, -0.2) is 103 Å². The third-order valence-electron chi connectivity index (χ3n) is 31.7. The minimum Gasteiger partial charge on any atom is -0.462 e. The number of hydrogen-bond acceptors (Lipinski definition) is 12. The second-order valence-electron chi connectivity index (χ2n) is 34.5. The van der Waals surface area contributed by atoms with Gasteiger partial charge in [-0.25, -0.2) is 0 Å². The fourth-order valence-electron chi connectivity index (χ4n) is 27.1. The number of carbonyl (C=O) groups excluding carboxylic acids is 3. The van der Waals surface area contributed by atoms with Gasteiger partial charge in [0.2, 0.25) is 0 Å². The average molecular weight is 1170 g/mol. The number of carbonyl (C=O) groups is 3. The second-order valence-corrected chi connectivity index (χ2v) is 34.5. The third-order valence-corrected chi connectivity index (χ3v) is 31.7. The summed E-state index contributed by atoms with van der Waals surface area (Å²) < 4.78 is 21.3. The lowest BCUT2D eigenvalue weighted by molar-refractivity contribution is -0.220. The molecule has 12 nitrogen and oxygen atoms in total. The quantitative estimate of drug-likeness (QED) is 0.0992. The number of aliphatic hydroxyl groups is 6. The van der Waals surface area contributed by atoms with Gasteiger partial charge in [0.1, 0.15) is 18.3 Å². The molecule has 0 aromatic carbocycles. The van der Waals surface area contributed by atoms with Crippen molar-refractivity contribution in [2.24, 2.45) is 139 Å². The maximum absolute atomic E-state index is 15.0. The summed E-state index contributed by atoms with van der Waals surface area (Å²) in [6.07, 6.45) is 16.2.